The quantitative estimate of drug-likeness (QED) is 0.199. The maximum absolute atomic E-state index is 6.74. The normalized spacial score (nSPS) is 12.3. The van der Waals surface area contributed by atoms with Crippen LogP contribution in [0.25, 0.3) is 98.9 Å². The minimum absolute atomic E-state index is 0.807. The second kappa shape index (κ2) is 8.55. The molecule has 0 bridgehead atoms. The molecular formula is C38H20N6O2. The van der Waals surface area contributed by atoms with Gasteiger partial charge in [0.05, 0.1) is 33.4 Å². The third-order valence-electron chi connectivity index (χ3n) is 9.29. The molecule has 8 heteroatoms. The monoisotopic (exact) mass is 592 g/mol. The summed E-state index contributed by atoms with van der Waals surface area (Å²) in [5.41, 5.74) is 9.37. The van der Waals surface area contributed by atoms with Crippen LogP contribution in [0.1, 0.15) is 0 Å². The Morgan fingerprint density at radius 1 is 0.391 bits per heavy atom. The van der Waals surface area contributed by atoms with Crippen LogP contribution in [0, 0.1) is 0 Å². The Balaban J connectivity index is 1.18. The molecule has 46 heavy (non-hydrogen) atoms. The van der Waals surface area contributed by atoms with Crippen molar-refractivity contribution in [1.82, 2.24) is 29.1 Å². The first-order valence-corrected chi connectivity index (χ1v) is 15.0. The van der Waals surface area contributed by atoms with Crippen molar-refractivity contribution in [3.8, 4) is 11.4 Å². The summed E-state index contributed by atoms with van der Waals surface area (Å²) in [4.78, 5) is 17.5. The van der Waals surface area contributed by atoms with Gasteiger partial charge in [0.2, 0.25) is 0 Å². The van der Waals surface area contributed by atoms with E-state index in [-0.39, 0.29) is 0 Å². The van der Waals surface area contributed by atoms with Crippen molar-refractivity contribution in [2.24, 2.45) is 0 Å². The van der Waals surface area contributed by atoms with Crippen LogP contribution in [0.5, 0.6) is 0 Å². The Bertz CT molecular complexity index is 2740. The van der Waals surface area contributed by atoms with Crippen molar-refractivity contribution in [2.45, 2.75) is 0 Å². The van der Waals surface area contributed by atoms with Gasteiger partial charge in [0.25, 0.3) is 0 Å². The lowest BCUT2D eigenvalue weighted by Gasteiger charge is -2.08. The number of hydrogen-bond acceptors (Lipinski definition) is 6. The summed E-state index contributed by atoms with van der Waals surface area (Å²) in [5.74, 6) is 0. The number of hydrogen-bond donors (Lipinski definition) is 0. The van der Waals surface area contributed by atoms with Crippen molar-refractivity contribution in [3.63, 3.8) is 0 Å². The van der Waals surface area contributed by atoms with E-state index >= 15 is 0 Å². The first-order chi connectivity index (χ1) is 22.8. The highest BCUT2D eigenvalue weighted by atomic mass is 16.3. The number of fused-ring (bicyclic) bond motifs is 12. The van der Waals surface area contributed by atoms with E-state index in [2.05, 4.69) is 77.6 Å². The Morgan fingerprint density at radius 3 is 1.13 bits per heavy atom. The second-order valence-electron chi connectivity index (χ2n) is 11.6. The van der Waals surface area contributed by atoms with Crippen molar-refractivity contribution < 1.29 is 8.83 Å². The molecule has 11 rings (SSSR count). The summed E-state index contributed by atoms with van der Waals surface area (Å²) in [6, 6.07) is 25.0. The number of nitrogens with zero attached hydrogens (tertiary/aromatic N) is 6. The summed E-state index contributed by atoms with van der Waals surface area (Å²) in [5, 5.41) is 8.25. The van der Waals surface area contributed by atoms with Crippen LogP contribution in [0.2, 0.25) is 0 Å². The SMILES string of the molecule is c1cc(-n2c3ccncc3c3cnccc32)c2oc3cc4c(cc3c2c1)oc1c(-n2c3ccncc3c3cnccc32)cccc14. The molecule has 0 aliphatic carbocycles. The number of pyridine rings is 4. The molecule has 11 aromatic rings. The molecule has 0 radical (unpaired) electrons. The molecule has 0 saturated carbocycles. The van der Waals surface area contributed by atoms with Gasteiger partial charge in [0.15, 0.2) is 11.2 Å². The van der Waals surface area contributed by atoms with E-state index < -0.39 is 0 Å². The average Bonchev–Trinajstić information content (AvgIpc) is 3.85. The molecule has 3 aromatic carbocycles. The van der Waals surface area contributed by atoms with Crippen molar-refractivity contribution >= 4 is 87.5 Å². The summed E-state index contributed by atoms with van der Waals surface area (Å²) in [6.45, 7) is 0. The average molecular weight is 593 g/mol. The molecule has 8 heterocycles. The van der Waals surface area contributed by atoms with Crippen LogP contribution in [0.3, 0.4) is 0 Å². The maximum Gasteiger partial charge on any atom is 0.159 e. The predicted octanol–water partition coefficient (Wildman–Crippen LogP) is 9.26. The van der Waals surface area contributed by atoms with Crippen LogP contribution in [-0.4, -0.2) is 29.1 Å². The van der Waals surface area contributed by atoms with Gasteiger partial charge in [-0.05, 0) is 48.5 Å². The zero-order valence-corrected chi connectivity index (χ0v) is 24.0. The zero-order chi connectivity index (χ0) is 29.9. The summed E-state index contributed by atoms with van der Waals surface area (Å²) < 4.78 is 17.9. The van der Waals surface area contributed by atoms with Crippen molar-refractivity contribution in [1.29, 1.82) is 0 Å². The van der Waals surface area contributed by atoms with Gasteiger partial charge >= 0.3 is 0 Å². The van der Waals surface area contributed by atoms with E-state index in [0.717, 1.165) is 98.9 Å². The third-order valence-corrected chi connectivity index (χ3v) is 9.29. The Labute approximate surface area is 258 Å². The van der Waals surface area contributed by atoms with E-state index in [1.165, 1.54) is 0 Å². The topological polar surface area (TPSA) is 87.7 Å². The van der Waals surface area contributed by atoms with Gasteiger partial charge in [-0.1, -0.05) is 24.3 Å². The smallest absolute Gasteiger partial charge is 0.159 e. The standard InChI is InChI=1S/C38H20N6O2/c1-3-21-23-15-36-24(16-35(23)45-37(21)33(5-1)43-29-7-11-39-17-25(29)26-18-40-12-8-30(26)43)22-4-2-6-34(38(22)46-36)44-31-9-13-41-19-27(31)28-20-42-14-10-32(28)44/h1-20H. The second-order valence-corrected chi connectivity index (χ2v) is 11.6. The van der Waals surface area contributed by atoms with E-state index in [9.17, 15) is 0 Å². The fourth-order valence-corrected chi connectivity index (χ4v) is 7.35. The number of furan rings is 2. The lowest BCUT2D eigenvalue weighted by Crippen LogP contribution is -1.94. The lowest BCUT2D eigenvalue weighted by atomic mass is 10.1. The molecule has 0 aliphatic rings. The van der Waals surface area contributed by atoms with Gasteiger partial charge in [-0.15, -0.1) is 0 Å². The predicted molar refractivity (Wildman–Crippen MR) is 181 cm³/mol. The Kier molecular flexibility index (Phi) is 4.43. The Morgan fingerprint density at radius 2 is 0.761 bits per heavy atom. The van der Waals surface area contributed by atoms with E-state index in [1.54, 1.807) is 0 Å². The lowest BCUT2D eigenvalue weighted by molar-refractivity contribution is 0.661. The van der Waals surface area contributed by atoms with Gasteiger partial charge in [-0.3, -0.25) is 19.9 Å². The first-order valence-electron chi connectivity index (χ1n) is 15.0. The minimum atomic E-state index is 0.807. The number of aromatic nitrogens is 6. The molecule has 0 aliphatic heterocycles. The van der Waals surface area contributed by atoms with Crippen LogP contribution >= 0.6 is 0 Å². The summed E-state index contributed by atoms with van der Waals surface area (Å²) in [6.07, 6.45) is 14.9. The van der Waals surface area contributed by atoms with Crippen LogP contribution in [0.4, 0.5) is 0 Å². The Hall–Kier alpha value is -6.54. The minimum Gasteiger partial charge on any atom is -0.454 e. The van der Waals surface area contributed by atoms with Gasteiger partial charge < -0.3 is 18.0 Å². The van der Waals surface area contributed by atoms with Crippen LogP contribution in [-0.2, 0) is 0 Å². The fraction of sp³-hybridized carbons (Fsp3) is 0. The third kappa shape index (κ3) is 2.97. The highest BCUT2D eigenvalue weighted by molar-refractivity contribution is 6.18. The van der Waals surface area contributed by atoms with Crippen LogP contribution < -0.4 is 0 Å². The van der Waals surface area contributed by atoms with Gasteiger partial charge in [-0.2, -0.15) is 0 Å². The highest BCUT2D eigenvalue weighted by Crippen LogP contribution is 2.42. The fourth-order valence-electron chi connectivity index (χ4n) is 7.35. The molecule has 0 amide bonds. The summed E-state index contributed by atoms with van der Waals surface area (Å²) >= 11 is 0. The number of para-hydroxylation sites is 2. The largest absolute Gasteiger partial charge is 0.454 e. The molecule has 214 valence electrons. The van der Waals surface area contributed by atoms with E-state index in [0.29, 0.717) is 0 Å². The molecule has 0 spiro atoms. The molecule has 8 aromatic heterocycles. The molecule has 0 N–H and O–H groups in total. The van der Waals surface area contributed by atoms with Crippen LogP contribution in [0.15, 0.2) is 131 Å². The highest BCUT2D eigenvalue weighted by Gasteiger charge is 2.21. The zero-order valence-electron chi connectivity index (χ0n) is 24.0. The van der Waals surface area contributed by atoms with Crippen molar-refractivity contribution in [3.05, 3.63) is 122 Å². The molecular weight excluding hydrogens is 572 g/mol. The molecule has 0 unspecified atom stereocenters. The van der Waals surface area contributed by atoms with Gasteiger partial charge in [0.1, 0.15) is 11.2 Å². The van der Waals surface area contributed by atoms with Crippen molar-refractivity contribution in [2.75, 3.05) is 0 Å². The van der Waals surface area contributed by atoms with E-state index in [1.807, 2.05) is 73.8 Å². The molecule has 0 atom stereocenters. The molecule has 0 saturated heterocycles. The van der Waals surface area contributed by atoms with Gasteiger partial charge in [0, 0.05) is 92.7 Å². The van der Waals surface area contributed by atoms with E-state index in [4.69, 9.17) is 8.83 Å². The molecule has 0 fully saturated rings. The summed E-state index contributed by atoms with van der Waals surface area (Å²) in [7, 11) is 0. The maximum atomic E-state index is 6.74. The number of rotatable bonds is 2. The first kappa shape index (κ1) is 23.9. The number of benzene rings is 3. The molecule has 8 nitrogen and oxygen atoms in total. The van der Waals surface area contributed by atoms with Gasteiger partial charge in [-0.25, -0.2) is 0 Å².